The average molecular weight is 321 g/mol. The van der Waals surface area contributed by atoms with Crippen molar-refractivity contribution < 1.29 is 9.18 Å². The largest absolute Gasteiger partial charge is 0.330 e. The Morgan fingerprint density at radius 3 is 2.71 bits per heavy atom. The standard InChI is InChI=1S/C19H16FN3O/c1-22-10-16(9-21-22)13-6-7-15(18(20)8-13)12-23-11-14-4-2-3-5-17(14)19(23)24/h2-10H,11-12H2,1H3. The Hall–Kier alpha value is -2.95. The summed E-state index contributed by atoms with van der Waals surface area (Å²) in [5, 5.41) is 4.10. The van der Waals surface area contributed by atoms with E-state index in [1.54, 1.807) is 21.8 Å². The fourth-order valence-electron chi connectivity index (χ4n) is 3.07. The number of fused-ring (bicyclic) bond motifs is 1. The number of halogens is 1. The molecule has 0 saturated carbocycles. The van der Waals surface area contributed by atoms with Crippen LogP contribution in [0.4, 0.5) is 4.39 Å². The SMILES string of the molecule is Cn1cc(-c2ccc(CN3Cc4ccccc4C3=O)c(F)c2)cn1. The van der Waals surface area contributed by atoms with Crippen LogP contribution in [0.2, 0.25) is 0 Å². The number of aryl methyl sites for hydroxylation is 1. The molecule has 0 atom stereocenters. The van der Waals surface area contributed by atoms with Crippen molar-refractivity contribution in [2.75, 3.05) is 0 Å². The first-order chi connectivity index (χ1) is 11.6. The first-order valence-corrected chi connectivity index (χ1v) is 7.76. The normalized spacial score (nSPS) is 13.4. The molecule has 5 heteroatoms. The van der Waals surface area contributed by atoms with Crippen LogP contribution in [0.3, 0.4) is 0 Å². The van der Waals surface area contributed by atoms with Gasteiger partial charge in [0.2, 0.25) is 0 Å². The van der Waals surface area contributed by atoms with Crippen molar-refractivity contribution in [3.8, 4) is 11.1 Å². The Bertz CT molecular complexity index is 932. The minimum absolute atomic E-state index is 0.0404. The molecule has 3 aromatic rings. The molecule has 0 spiro atoms. The lowest BCUT2D eigenvalue weighted by Gasteiger charge is -2.16. The van der Waals surface area contributed by atoms with Crippen LogP contribution in [0.5, 0.6) is 0 Å². The number of rotatable bonds is 3. The minimum atomic E-state index is -0.305. The molecule has 0 aliphatic carbocycles. The Morgan fingerprint density at radius 1 is 1.17 bits per heavy atom. The minimum Gasteiger partial charge on any atom is -0.330 e. The van der Waals surface area contributed by atoms with Gasteiger partial charge in [0.1, 0.15) is 5.82 Å². The van der Waals surface area contributed by atoms with Crippen molar-refractivity contribution >= 4 is 5.91 Å². The van der Waals surface area contributed by atoms with E-state index in [9.17, 15) is 9.18 Å². The van der Waals surface area contributed by atoms with Crippen LogP contribution in [0.15, 0.2) is 54.9 Å². The van der Waals surface area contributed by atoms with Crippen molar-refractivity contribution in [1.29, 1.82) is 0 Å². The second-order valence-corrected chi connectivity index (χ2v) is 6.03. The van der Waals surface area contributed by atoms with E-state index in [-0.39, 0.29) is 18.3 Å². The summed E-state index contributed by atoms with van der Waals surface area (Å²) in [5.41, 5.74) is 3.87. The number of amides is 1. The van der Waals surface area contributed by atoms with Crippen LogP contribution in [0.1, 0.15) is 21.5 Å². The molecular weight excluding hydrogens is 305 g/mol. The highest BCUT2D eigenvalue weighted by atomic mass is 19.1. The van der Waals surface area contributed by atoms with Gasteiger partial charge in [-0.2, -0.15) is 5.10 Å². The predicted octanol–water partition coefficient (Wildman–Crippen LogP) is 3.38. The van der Waals surface area contributed by atoms with E-state index in [0.29, 0.717) is 17.7 Å². The van der Waals surface area contributed by atoms with Crippen LogP contribution in [0, 0.1) is 5.82 Å². The summed E-state index contributed by atoms with van der Waals surface area (Å²) in [5.74, 6) is -0.346. The maximum Gasteiger partial charge on any atom is 0.254 e. The van der Waals surface area contributed by atoms with E-state index in [1.807, 2.05) is 43.6 Å². The molecule has 0 saturated heterocycles. The van der Waals surface area contributed by atoms with E-state index in [2.05, 4.69) is 5.10 Å². The van der Waals surface area contributed by atoms with Gasteiger partial charge < -0.3 is 4.90 Å². The van der Waals surface area contributed by atoms with Crippen molar-refractivity contribution in [1.82, 2.24) is 14.7 Å². The average Bonchev–Trinajstić information content (AvgIpc) is 3.14. The van der Waals surface area contributed by atoms with Crippen molar-refractivity contribution in [3.05, 3.63) is 77.4 Å². The Morgan fingerprint density at radius 2 is 2.00 bits per heavy atom. The third kappa shape index (κ3) is 2.48. The summed E-state index contributed by atoms with van der Waals surface area (Å²) >= 11 is 0. The first-order valence-electron chi connectivity index (χ1n) is 7.76. The zero-order valence-electron chi connectivity index (χ0n) is 13.2. The molecule has 2 aromatic carbocycles. The van der Waals surface area contributed by atoms with Gasteiger partial charge in [-0.1, -0.05) is 30.3 Å². The highest BCUT2D eigenvalue weighted by molar-refractivity contribution is 5.98. The molecule has 120 valence electrons. The summed E-state index contributed by atoms with van der Waals surface area (Å²) in [6, 6.07) is 12.6. The lowest BCUT2D eigenvalue weighted by Crippen LogP contribution is -2.23. The van der Waals surface area contributed by atoms with Gasteiger partial charge in [-0.05, 0) is 23.3 Å². The van der Waals surface area contributed by atoms with Gasteiger partial charge in [-0.25, -0.2) is 4.39 Å². The molecule has 1 aliphatic heterocycles. The molecule has 0 bridgehead atoms. The van der Waals surface area contributed by atoms with Crippen molar-refractivity contribution in [2.45, 2.75) is 13.1 Å². The van der Waals surface area contributed by atoms with Gasteiger partial charge >= 0.3 is 0 Å². The van der Waals surface area contributed by atoms with Crippen LogP contribution in [-0.4, -0.2) is 20.6 Å². The number of hydrogen-bond donors (Lipinski definition) is 0. The summed E-state index contributed by atoms with van der Waals surface area (Å²) in [6.45, 7) is 0.797. The number of carbonyl (C=O) groups excluding carboxylic acids is 1. The van der Waals surface area contributed by atoms with Gasteiger partial charge in [0.05, 0.1) is 6.20 Å². The fourth-order valence-corrected chi connectivity index (χ4v) is 3.07. The topological polar surface area (TPSA) is 38.1 Å². The molecule has 24 heavy (non-hydrogen) atoms. The molecule has 0 radical (unpaired) electrons. The monoisotopic (exact) mass is 321 g/mol. The van der Waals surface area contributed by atoms with Crippen LogP contribution in [-0.2, 0) is 20.1 Å². The fraction of sp³-hybridized carbons (Fsp3) is 0.158. The van der Waals surface area contributed by atoms with Crippen molar-refractivity contribution in [3.63, 3.8) is 0 Å². The van der Waals surface area contributed by atoms with Crippen LogP contribution < -0.4 is 0 Å². The molecule has 4 nitrogen and oxygen atoms in total. The molecule has 4 rings (SSSR count). The summed E-state index contributed by atoms with van der Waals surface area (Å²) < 4.78 is 16.2. The molecule has 2 heterocycles. The van der Waals surface area contributed by atoms with E-state index in [1.165, 1.54) is 6.07 Å². The number of benzene rings is 2. The highest BCUT2D eigenvalue weighted by Gasteiger charge is 2.27. The molecule has 1 aromatic heterocycles. The van der Waals surface area contributed by atoms with E-state index < -0.39 is 0 Å². The summed E-state index contributed by atoms with van der Waals surface area (Å²) in [4.78, 5) is 14.1. The molecule has 0 N–H and O–H groups in total. The Labute approximate surface area is 139 Å². The Balaban J connectivity index is 1.57. The smallest absolute Gasteiger partial charge is 0.254 e. The first kappa shape index (κ1) is 14.6. The predicted molar refractivity (Wildman–Crippen MR) is 88.6 cm³/mol. The zero-order valence-corrected chi connectivity index (χ0v) is 13.2. The zero-order chi connectivity index (χ0) is 16.7. The number of hydrogen-bond acceptors (Lipinski definition) is 2. The van der Waals surface area contributed by atoms with Gasteiger partial charge in [0.25, 0.3) is 5.91 Å². The Kier molecular flexibility index (Phi) is 3.41. The summed E-state index contributed by atoms with van der Waals surface area (Å²) in [7, 11) is 1.82. The molecule has 0 unspecified atom stereocenters. The highest BCUT2D eigenvalue weighted by Crippen LogP contribution is 2.26. The second-order valence-electron chi connectivity index (χ2n) is 6.03. The van der Waals surface area contributed by atoms with E-state index in [4.69, 9.17) is 0 Å². The second kappa shape index (κ2) is 5.60. The molecule has 1 aliphatic rings. The molecule has 0 fully saturated rings. The lowest BCUT2D eigenvalue weighted by atomic mass is 10.1. The van der Waals surface area contributed by atoms with Gasteiger partial charge in [-0.15, -0.1) is 0 Å². The third-order valence-corrected chi connectivity index (χ3v) is 4.35. The maximum atomic E-state index is 14.5. The van der Waals surface area contributed by atoms with Gasteiger partial charge in [0.15, 0.2) is 0 Å². The summed E-state index contributed by atoms with van der Waals surface area (Å²) in [6.07, 6.45) is 3.55. The number of aromatic nitrogens is 2. The molecular formula is C19H16FN3O. The quantitative estimate of drug-likeness (QED) is 0.742. The molecule has 1 amide bonds. The van der Waals surface area contributed by atoms with Crippen molar-refractivity contribution in [2.24, 2.45) is 7.05 Å². The van der Waals surface area contributed by atoms with E-state index >= 15 is 0 Å². The lowest BCUT2D eigenvalue weighted by molar-refractivity contribution is 0.0765. The number of nitrogens with zero attached hydrogens (tertiary/aromatic N) is 3. The van der Waals surface area contributed by atoms with Gasteiger partial charge in [-0.3, -0.25) is 9.48 Å². The van der Waals surface area contributed by atoms with Crippen LogP contribution in [0.25, 0.3) is 11.1 Å². The number of carbonyl (C=O) groups is 1. The van der Waals surface area contributed by atoms with Crippen LogP contribution >= 0.6 is 0 Å². The maximum absolute atomic E-state index is 14.5. The third-order valence-electron chi connectivity index (χ3n) is 4.35. The van der Waals surface area contributed by atoms with E-state index in [0.717, 1.165) is 16.7 Å². The van der Waals surface area contributed by atoms with Gasteiger partial charge in [0, 0.05) is 43.0 Å².